The summed E-state index contributed by atoms with van der Waals surface area (Å²) in [7, 11) is 0. The molecule has 2 aromatic carbocycles. The minimum Gasteiger partial charge on any atom is -0.494 e. The number of rotatable bonds is 10. The molecule has 1 N–H and O–H groups in total. The molecule has 9 heteroatoms. The van der Waals surface area contributed by atoms with Gasteiger partial charge in [-0.15, -0.1) is 0 Å². The summed E-state index contributed by atoms with van der Waals surface area (Å²) >= 11 is 13.4. The summed E-state index contributed by atoms with van der Waals surface area (Å²) in [5.74, 6) is 0.365. The average molecular weight is 522 g/mol. The second-order valence-corrected chi connectivity index (χ2v) is 9.94. The lowest BCUT2D eigenvalue weighted by molar-refractivity contribution is -0.129. The largest absolute Gasteiger partial charge is 0.494 e. The van der Waals surface area contributed by atoms with Crippen LogP contribution in [-0.2, 0) is 9.59 Å². The molecule has 0 bridgehead atoms. The summed E-state index contributed by atoms with van der Waals surface area (Å²) in [6.07, 6.45) is 4.69. The molecule has 6 nitrogen and oxygen atoms in total. The molecule has 0 saturated carbocycles. The molecular weight excluding hydrogens is 493 g/mol. The molecule has 2 amide bonds. The summed E-state index contributed by atoms with van der Waals surface area (Å²) < 4.78 is 5.75. The first kappa shape index (κ1) is 26.4. The second-order valence-electron chi connectivity index (χ2n) is 7.89. The maximum absolute atomic E-state index is 12.9. The maximum Gasteiger partial charge on any atom is 0.238 e. The van der Waals surface area contributed by atoms with Gasteiger partial charge >= 0.3 is 0 Å². The van der Waals surface area contributed by atoms with Crippen molar-refractivity contribution in [1.82, 2.24) is 4.90 Å². The number of anilines is 1. The van der Waals surface area contributed by atoms with Gasteiger partial charge in [0.15, 0.2) is 5.17 Å². The molecule has 0 aromatic heterocycles. The summed E-state index contributed by atoms with van der Waals surface area (Å²) in [5.41, 5.74) is 1.17. The highest BCUT2D eigenvalue weighted by atomic mass is 35.5. The van der Waals surface area contributed by atoms with Gasteiger partial charge in [0.2, 0.25) is 11.8 Å². The van der Waals surface area contributed by atoms with Crippen molar-refractivity contribution in [3.05, 3.63) is 52.5 Å². The number of amidine groups is 1. The summed E-state index contributed by atoms with van der Waals surface area (Å²) in [6.45, 7) is 5.18. The van der Waals surface area contributed by atoms with Crippen LogP contribution in [-0.4, -0.2) is 40.3 Å². The zero-order valence-electron chi connectivity index (χ0n) is 19.4. The Kier molecular flexibility index (Phi) is 10.1. The quantitative estimate of drug-likeness (QED) is 0.344. The number of nitrogens with one attached hydrogen (secondary N) is 1. The second kappa shape index (κ2) is 13.0. The molecule has 0 aliphatic carbocycles. The Morgan fingerprint density at radius 1 is 1.12 bits per heavy atom. The number of nitrogens with zero attached hydrogens (tertiary/aromatic N) is 2. The van der Waals surface area contributed by atoms with Crippen molar-refractivity contribution in [3.63, 3.8) is 0 Å². The molecule has 1 unspecified atom stereocenters. The fourth-order valence-corrected chi connectivity index (χ4v) is 5.12. The van der Waals surface area contributed by atoms with E-state index in [-0.39, 0.29) is 18.2 Å². The Balaban J connectivity index is 1.64. The molecule has 1 aliphatic heterocycles. The smallest absolute Gasteiger partial charge is 0.238 e. The molecule has 1 fully saturated rings. The Morgan fingerprint density at radius 3 is 2.47 bits per heavy atom. The lowest BCUT2D eigenvalue weighted by Gasteiger charge is -2.31. The predicted octanol–water partition coefficient (Wildman–Crippen LogP) is 6.93. The number of thioether (sulfide) groups is 1. The third-order valence-electron chi connectivity index (χ3n) is 5.21. The SMILES string of the molecule is CCCCCCOc1ccc(NC(=O)C2CC(=O)N(CC)C(=Nc3cc(Cl)cc(Cl)c3)S2)cc1. The number of hydrogen-bond acceptors (Lipinski definition) is 5. The lowest BCUT2D eigenvalue weighted by atomic mass is 10.2. The molecule has 182 valence electrons. The van der Waals surface area contributed by atoms with E-state index < -0.39 is 5.25 Å². The van der Waals surface area contributed by atoms with Gasteiger partial charge in [0.25, 0.3) is 0 Å². The zero-order chi connectivity index (χ0) is 24.5. The van der Waals surface area contributed by atoms with E-state index in [9.17, 15) is 9.59 Å². The number of ether oxygens (including phenoxy) is 1. The van der Waals surface area contributed by atoms with Gasteiger partial charge < -0.3 is 10.1 Å². The average Bonchev–Trinajstić information content (AvgIpc) is 2.79. The molecule has 1 saturated heterocycles. The number of hydrogen-bond donors (Lipinski definition) is 1. The Morgan fingerprint density at radius 2 is 1.82 bits per heavy atom. The van der Waals surface area contributed by atoms with Crippen molar-refractivity contribution >= 4 is 63.3 Å². The van der Waals surface area contributed by atoms with Crippen LogP contribution >= 0.6 is 35.0 Å². The van der Waals surface area contributed by atoms with Crippen molar-refractivity contribution in [2.45, 2.75) is 51.2 Å². The van der Waals surface area contributed by atoms with Crippen molar-refractivity contribution in [2.75, 3.05) is 18.5 Å². The van der Waals surface area contributed by atoms with Crippen molar-refractivity contribution < 1.29 is 14.3 Å². The molecular formula is C25H29Cl2N3O3S. The van der Waals surface area contributed by atoms with Crippen LogP contribution < -0.4 is 10.1 Å². The number of carbonyl (C=O) groups excluding carboxylic acids is 2. The van der Waals surface area contributed by atoms with Gasteiger partial charge in [-0.05, 0) is 55.8 Å². The van der Waals surface area contributed by atoms with E-state index in [4.69, 9.17) is 27.9 Å². The van der Waals surface area contributed by atoms with Gasteiger partial charge in [-0.2, -0.15) is 0 Å². The standard InChI is InChI=1S/C25H29Cl2N3O3S/c1-3-5-6-7-12-33-21-10-8-19(9-11-21)28-24(32)22-16-23(31)30(4-2)25(34-22)29-20-14-17(26)13-18(27)15-20/h8-11,13-15,22H,3-7,12,16H2,1-2H3,(H,28,32). The molecule has 34 heavy (non-hydrogen) atoms. The summed E-state index contributed by atoms with van der Waals surface area (Å²) in [4.78, 5) is 31.8. The van der Waals surface area contributed by atoms with Gasteiger partial charge in [-0.3, -0.25) is 14.5 Å². The topological polar surface area (TPSA) is 71.0 Å². The van der Waals surface area contributed by atoms with E-state index in [1.54, 1.807) is 35.2 Å². The van der Waals surface area contributed by atoms with Crippen molar-refractivity contribution in [2.24, 2.45) is 4.99 Å². The van der Waals surface area contributed by atoms with E-state index in [0.717, 1.165) is 18.6 Å². The Labute approximate surface area is 215 Å². The number of halogens is 2. The molecule has 1 atom stereocenters. The van der Waals surface area contributed by atoms with Gasteiger partial charge in [0, 0.05) is 28.7 Å². The number of carbonyl (C=O) groups is 2. The third kappa shape index (κ3) is 7.65. The monoisotopic (exact) mass is 521 g/mol. The third-order valence-corrected chi connectivity index (χ3v) is 6.83. The Bertz CT molecular complexity index is 1010. The molecule has 1 aliphatic rings. The minimum atomic E-state index is -0.599. The van der Waals surface area contributed by atoms with Gasteiger partial charge in [0.05, 0.1) is 12.3 Å². The molecule has 0 spiro atoms. The van der Waals surface area contributed by atoms with E-state index in [2.05, 4.69) is 17.2 Å². The van der Waals surface area contributed by atoms with Gasteiger partial charge in [-0.25, -0.2) is 4.99 Å². The van der Waals surface area contributed by atoms with Crippen LogP contribution in [0.2, 0.25) is 10.0 Å². The van der Waals surface area contributed by atoms with Crippen LogP contribution in [0.1, 0.15) is 46.0 Å². The molecule has 3 rings (SSSR count). The van der Waals surface area contributed by atoms with Gasteiger partial charge in [-0.1, -0.05) is 61.1 Å². The van der Waals surface area contributed by atoms with Crippen LogP contribution in [0.25, 0.3) is 0 Å². The predicted molar refractivity (Wildman–Crippen MR) is 142 cm³/mol. The van der Waals surface area contributed by atoms with E-state index in [1.807, 2.05) is 19.1 Å². The van der Waals surface area contributed by atoms with Crippen molar-refractivity contribution in [1.29, 1.82) is 0 Å². The van der Waals surface area contributed by atoms with Crippen LogP contribution in [0.15, 0.2) is 47.5 Å². The summed E-state index contributed by atoms with van der Waals surface area (Å²) in [6, 6.07) is 12.2. The van der Waals surface area contributed by atoms with Crippen LogP contribution in [0.3, 0.4) is 0 Å². The normalized spacial score (nSPS) is 17.2. The fraction of sp³-hybridized carbons (Fsp3) is 0.400. The van der Waals surface area contributed by atoms with Crippen molar-refractivity contribution in [3.8, 4) is 5.75 Å². The number of amides is 2. The first-order valence-corrected chi connectivity index (χ1v) is 13.1. The maximum atomic E-state index is 12.9. The number of benzene rings is 2. The van der Waals surface area contributed by atoms with Gasteiger partial charge in [0.1, 0.15) is 11.0 Å². The van der Waals surface area contributed by atoms with E-state index in [0.29, 0.717) is 39.7 Å². The number of aliphatic imine (C=N–C) groups is 1. The highest BCUT2D eigenvalue weighted by Crippen LogP contribution is 2.32. The molecule has 0 radical (unpaired) electrons. The zero-order valence-corrected chi connectivity index (χ0v) is 21.7. The Hall–Kier alpha value is -2.22. The first-order valence-electron chi connectivity index (χ1n) is 11.4. The fourth-order valence-electron chi connectivity index (χ4n) is 3.44. The van der Waals surface area contributed by atoms with Crippen LogP contribution in [0.4, 0.5) is 11.4 Å². The molecule has 1 heterocycles. The van der Waals surface area contributed by atoms with E-state index >= 15 is 0 Å². The minimum absolute atomic E-state index is 0.0958. The summed E-state index contributed by atoms with van der Waals surface area (Å²) in [5, 5.41) is 3.64. The van der Waals surface area contributed by atoms with Crippen LogP contribution in [0, 0.1) is 0 Å². The highest BCUT2D eigenvalue weighted by Gasteiger charge is 2.35. The van der Waals surface area contributed by atoms with E-state index in [1.165, 1.54) is 24.6 Å². The highest BCUT2D eigenvalue weighted by molar-refractivity contribution is 8.15. The first-order chi connectivity index (χ1) is 16.4. The van der Waals surface area contributed by atoms with Crippen LogP contribution in [0.5, 0.6) is 5.75 Å². The molecule has 2 aromatic rings. The number of unbranched alkanes of at least 4 members (excludes halogenated alkanes) is 3. The lowest BCUT2D eigenvalue weighted by Crippen LogP contribution is -2.45.